The van der Waals surface area contributed by atoms with E-state index in [9.17, 15) is 18.8 Å². The van der Waals surface area contributed by atoms with Crippen molar-refractivity contribution < 1.29 is 18.7 Å². The number of carbonyl (C=O) groups is 2. The normalized spacial score (nSPS) is 15.9. The number of hydrogen-bond acceptors (Lipinski definition) is 6. The Balaban J connectivity index is 1.52. The first-order chi connectivity index (χ1) is 14.4. The Labute approximate surface area is 169 Å². The summed E-state index contributed by atoms with van der Waals surface area (Å²) in [5, 5.41) is 8.49. The van der Waals surface area contributed by atoms with Crippen LogP contribution in [0, 0.1) is 5.82 Å². The molecule has 0 bridgehead atoms. The molecule has 154 valence electrons. The van der Waals surface area contributed by atoms with Gasteiger partial charge in [-0.25, -0.2) is 28.6 Å². The average Bonchev–Trinajstić information content (AvgIpc) is 3.32. The zero-order valence-corrected chi connectivity index (χ0v) is 15.8. The first kappa shape index (κ1) is 19.3. The largest absolute Gasteiger partial charge is 0.442 e. The van der Waals surface area contributed by atoms with Crippen molar-refractivity contribution in [1.82, 2.24) is 25.1 Å². The number of aromatic nitrogens is 4. The van der Waals surface area contributed by atoms with Crippen molar-refractivity contribution in [1.29, 1.82) is 0 Å². The number of carbonyl (C=O) groups excluding carboxylic acids is 2. The lowest BCUT2D eigenvalue weighted by Crippen LogP contribution is -2.33. The lowest BCUT2D eigenvalue weighted by Gasteiger charge is -2.14. The molecule has 0 unspecified atom stereocenters. The fourth-order valence-electron chi connectivity index (χ4n) is 3.10. The number of anilines is 1. The summed E-state index contributed by atoms with van der Waals surface area (Å²) in [4.78, 5) is 40.2. The van der Waals surface area contributed by atoms with E-state index in [2.05, 4.69) is 20.5 Å². The number of halogens is 1. The Hall–Kier alpha value is -4.02. The maximum atomic E-state index is 14.8. The van der Waals surface area contributed by atoms with Crippen LogP contribution in [0.15, 0.2) is 47.7 Å². The number of hydrogen-bond donors (Lipinski definition) is 2. The van der Waals surface area contributed by atoms with Gasteiger partial charge < -0.3 is 10.1 Å². The maximum Gasteiger partial charge on any atom is 0.414 e. The van der Waals surface area contributed by atoms with Gasteiger partial charge in [0.25, 0.3) is 0 Å². The minimum atomic E-state index is -0.603. The van der Waals surface area contributed by atoms with Crippen molar-refractivity contribution in [3.8, 4) is 16.9 Å². The van der Waals surface area contributed by atoms with Gasteiger partial charge in [0.2, 0.25) is 5.91 Å². The molecule has 0 radical (unpaired) electrons. The molecular weight excluding hydrogens is 395 g/mol. The first-order valence-electron chi connectivity index (χ1n) is 9.03. The van der Waals surface area contributed by atoms with Gasteiger partial charge >= 0.3 is 11.8 Å². The van der Waals surface area contributed by atoms with E-state index < -0.39 is 23.7 Å². The number of amides is 2. The lowest BCUT2D eigenvalue weighted by atomic mass is 10.1. The van der Waals surface area contributed by atoms with Crippen LogP contribution in [0.1, 0.15) is 6.92 Å². The predicted octanol–water partition coefficient (Wildman–Crippen LogP) is 1.22. The van der Waals surface area contributed by atoms with Gasteiger partial charge in [0.05, 0.1) is 18.8 Å². The molecule has 1 atom stereocenters. The number of benzene rings is 1. The lowest BCUT2D eigenvalue weighted by molar-refractivity contribution is -0.119. The molecule has 4 rings (SSSR count). The molecule has 11 heteroatoms. The van der Waals surface area contributed by atoms with Crippen molar-refractivity contribution in [3.05, 3.63) is 59.2 Å². The molecule has 2 aromatic heterocycles. The number of nitrogens with one attached hydrogen (secondary N) is 2. The molecule has 2 N–H and O–H groups in total. The summed E-state index contributed by atoms with van der Waals surface area (Å²) in [5.41, 5.74) is 0.716. The average molecular weight is 412 g/mol. The van der Waals surface area contributed by atoms with Crippen LogP contribution in [-0.4, -0.2) is 50.9 Å². The summed E-state index contributed by atoms with van der Waals surface area (Å²) in [6.07, 6.45) is 1.63. The fourth-order valence-corrected chi connectivity index (χ4v) is 3.10. The van der Waals surface area contributed by atoms with Crippen molar-refractivity contribution in [2.24, 2.45) is 0 Å². The molecule has 2 amide bonds. The van der Waals surface area contributed by atoms with Crippen molar-refractivity contribution in [3.63, 3.8) is 0 Å². The van der Waals surface area contributed by atoms with Crippen LogP contribution >= 0.6 is 0 Å². The number of H-pyrrole nitrogens is 1. The highest BCUT2D eigenvalue weighted by atomic mass is 19.1. The second-order valence-corrected chi connectivity index (χ2v) is 6.65. The summed E-state index contributed by atoms with van der Waals surface area (Å²) in [7, 11) is 0. The summed E-state index contributed by atoms with van der Waals surface area (Å²) in [5.74, 6) is -0.419. The van der Waals surface area contributed by atoms with Gasteiger partial charge in [0.15, 0.2) is 0 Å². The van der Waals surface area contributed by atoms with E-state index in [1.165, 1.54) is 35.0 Å². The molecule has 0 spiro atoms. The molecule has 1 saturated heterocycles. The highest BCUT2D eigenvalue weighted by Crippen LogP contribution is 2.29. The van der Waals surface area contributed by atoms with E-state index in [1.54, 1.807) is 24.3 Å². The molecule has 1 aromatic carbocycles. The summed E-state index contributed by atoms with van der Waals surface area (Å²) in [6.45, 7) is 1.76. The standard InChI is InChI=1S/C19H17FN6O4/c1-11(27)21-8-14-9-25(19(29)30-14)13-3-4-15(16(20)6-13)12-2-5-17(22-7-12)26-10-23-24-18(26)28/h2-7,10,14H,8-9H2,1H3,(H,21,27)(H,24,28)/t14-/m0/s1. The number of pyridine rings is 1. The fraction of sp³-hybridized carbons (Fsp3) is 0.211. The van der Waals surface area contributed by atoms with E-state index in [0.717, 1.165) is 0 Å². The molecule has 3 heterocycles. The highest BCUT2D eigenvalue weighted by molar-refractivity contribution is 5.90. The van der Waals surface area contributed by atoms with Gasteiger partial charge in [-0.2, -0.15) is 5.10 Å². The van der Waals surface area contributed by atoms with Crippen LogP contribution < -0.4 is 15.9 Å². The zero-order valence-electron chi connectivity index (χ0n) is 15.8. The molecule has 1 aliphatic heterocycles. The van der Waals surface area contributed by atoms with Crippen molar-refractivity contribution in [2.75, 3.05) is 18.0 Å². The molecule has 1 aliphatic rings. The summed E-state index contributed by atoms with van der Waals surface area (Å²) in [6, 6.07) is 7.60. The molecule has 10 nitrogen and oxygen atoms in total. The molecular formula is C19H17FN6O4. The van der Waals surface area contributed by atoms with Gasteiger partial charge in [-0.3, -0.25) is 9.69 Å². The number of cyclic esters (lactones) is 1. The van der Waals surface area contributed by atoms with Crippen LogP contribution in [0.5, 0.6) is 0 Å². The van der Waals surface area contributed by atoms with Gasteiger partial charge in [-0.15, -0.1) is 0 Å². The minimum absolute atomic E-state index is 0.190. The van der Waals surface area contributed by atoms with Crippen molar-refractivity contribution >= 4 is 17.7 Å². The third kappa shape index (κ3) is 3.77. The SMILES string of the molecule is CC(=O)NC[C@H]1CN(c2ccc(-c3ccc(-n4cn[nH]c4=O)nc3)c(F)c2)C(=O)O1. The number of ether oxygens (including phenoxy) is 1. The topological polar surface area (TPSA) is 122 Å². The molecule has 0 saturated carbocycles. The van der Waals surface area contributed by atoms with Crippen LogP contribution in [0.3, 0.4) is 0 Å². The van der Waals surface area contributed by atoms with Crippen LogP contribution in [0.2, 0.25) is 0 Å². The van der Waals surface area contributed by atoms with Crippen molar-refractivity contribution in [2.45, 2.75) is 13.0 Å². The Kier molecular flexibility index (Phi) is 5.00. The minimum Gasteiger partial charge on any atom is -0.442 e. The number of nitrogens with zero attached hydrogens (tertiary/aromatic N) is 4. The van der Waals surface area contributed by atoms with Crippen LogP contribution in [-0.2, 0) is 9.53 Å². The Morgan fingerprint density at radius 1 is 1.33 bits per heavy atom. The highest BCUT2D eigenvalue weighted by Gasteiger charge is 2.32. The number of rotatable bonds is 5. The molecule has 3 aromatic rings. The Morgan fingerprint density at radius 3 is 2.80 bits per heavy atom. The smallest absolute Gasteiger partial charge is 0.414 e. The van der Waals surface area contributed by atoms with Gasteiger partial charge in [-0.05, 0) is 30.3 Å². The quantitative estimate of drug-likeness (QED) is 0.650. The van der Waals surface area contributed by atoms with E-state index in [4.69, 9.17) is 4.74 Å². The summed E-state index contributed by atoms with van der Waals surface area (Å²) >= 11 is 0. The second-order valence-electron chi connectivity index (χ2n) is 6.65. The van der Waals surface area contributed by atoms with Gasteiger partial charge in [-0.1, -0.05) is 0 Å². The third-order valence-corrected chi connectivity index (χ3v) is 4.57. The first-order valence-corrected chi connectivity index (χ1v) is 9.03. The molecule has 0 aliphatic carbocycles. The van der Waals surface area contributed by atoms with E-state index >= 15 is 0 Å². The van der Waals surface area contributed by atoms with E-state index in [0.29, 0.717) is 22.6 Å². The van der Waals surface area contributed by atoms with E-state index in [1.807, 2.05) is 0 Å². The third-order valence-electron chi connectivity index (χ3n) is 4.57. The zero-order chi connectivity index (χ0) is 21.3. The molecule has 30 heavy (non-hydrogen) atoms. The maximum absolute atomic E-state index is 14.8. The van der Waals surface area contributed by atoms with E-state index in [-0.39, 0.29) is 19.0 Å². The summed E-state index contributed by atoms with van der Waals surface area (Å²) < 4.78 is 21.2. The monoisotopic (exact) mass is 412 g/mol. The number of aromatic amines is 1. The second kappa shape index (κ2) is 7.78. The van der Waals surface area contributed by atoms with Crippen LogP contribution in [0.4, 0.5) is 14.9 Å². The predicted molar refractivity (Wildman–Crippen MR) is 104 cm³/mol. The Bertz CT molecular complexity index is 1160. The van der Waals surface area contributed by atoms with Gasteiger partial charge in [0, 0.05) is 24.2 Å². The molecule has 1 fully saturated rings. The van der Waals surface area contributed by atoms with Crippen LogP contribution in [0.25, 0.3) is 16.9 Å². The van der Waals surface area contributed by atoms with Gasteiger partial charge in [0.1, 0.15) is 24.1 Å². The Morgan fingerprint density at radius 2 is 2.17 bits per heavy atom.